The van der Waals surface area contributed by atoms with E-state index >= 15 is 0 Å². The molecule has 0 fully saturated rings. The highest BCUT2D eigenvalue weighted by atomic mass is 15.0. The fraction of sp³-hybridized carbons (Fsp3) is 0.667. The average Bonchev–Trinajstić information content (AvgIpc) is 2.29. The van der Waals surface area contributed by atoms with Crippen molar-refractivity contribution >= 4 is 0 Å². The van der Waals surface area contributed by atoms with Crippen LogP contribution >= 0.6 is 0 Å². The molecule has 0 spiro atoms. The van der Waals surface area contributed by atoms with E-state index in [1.807, 2.05) is 0 Å². The van der Waals surface area contributed by atoms with Gasteiger partial charge in [0.05, 0.1) is 5.69 Å². The lowest BCUT2D eigenvalue weighted by Crippen LogP contribution is -2.28. The molecular weight excluding hydrogens is 200 g/mol. The third kappa shape index (κ3) is 2.23. The largest absolute Gasteiger partial charge is 0.330 e. The maximum atomic E-state index is 5.64. The number of fused-ring (bicyclic) bond motifs is 1. The Morgan fingerprint density at radius 2 is 2.19 bits per heavy atom. The summed E-state index contributed by atoms with van der Waals surface area (Å²) in [4.78, 5) is 9.30. The second kappa shape index (κ2) is 4.89. The molecule has 1 aromatic heterocycles. The van der Waals surface area contributed by atoms with Crippen LogP contribution in [0.15, 0.2) is 0 Å². The second-order valence-electron chi connectivity index (χ2n) is 4.57. The van der Waals surface area contributed by atoms with E-state index in [-0.39, 0.29) is 0 Å². The summed E-state index contributed by atoms with van der Waals surface area (Å²) in [6.45, 7) is 6.81. The van der Waals surface area contributed by atoms with E-state index < -0.39 is 0 Å². The predicted molar refractivity (Wildman–Crippen MR) is 64.3 cm³/mol. The SMILES string of the molecule is CC(C)c1nc(CCN)c2c(n1)CNCC2. The number of rotatable bonds is 3. The van der Waals surface area contributed by atoms with Crippen molar-refractivity contribution in [3.63, 3.8) is 0 Å². The van der Waals surface area contributed by atoms with Gasteiger partial charge >= 0.3 is 0 Å². The minimum atomic E-state index is 0.378. The van der Waals surface area contributed by atoms with Crippen LogP contribution in [0.25, 0.3) is 0 Å². The van der Waals surface area contributed by atoms with E-state index in [0.717, 1.165) is 37.4 Å². The Morgan fingerprint density at radius 1 is 1.38 bits per heavy atom. The molecular formula is C12H20N4. The highest BCUT2D eigenvalue weighted by Crippen LogP contribution is 2.19. The summed E-state index contributed by atoms with van der Waals surface area (Å²) in [6, 6.07) is 0. The van der Waals surface area contributed by atoms with Crippen molar-refractivity contribution in [2.45, 2.75) is 39.2 Å². The van der Waals surface area contributed by atoms with Gasteiger partial charge in [-0.2, -0.15) is 0 Å². The maximum absolute atomic E-state index is 5.64. The Morgan fingerprint density at radius 3 is 2.88 bits per heavy atom. The highest BCUT2D eigenvalue weighted by molar-refractivity contribution is 5.29. The molecule has 4 nitrogen and oxygen atoms in total. The van der Waals surface area contributed by atoms with Crippen LogP contribution in [0.2, 0.25) is 0 Å². The standard InChI is InChI=1S/C12H20N4/c1-8(2)12-15-10(3-5-13)9-4-6-14-7-11(9)16-12/h8,14H,3-7,13H2,1-2H3. The van der Waals surface area contributed by atoms with Gasteiger partial charge in [-0.15, -0.1) is 0 Å². The van der Waals surface area contributed by atoms with Crippen molar-refractivity contribution in [1.29, 1.82) is 0 Å². The van der Waals surface area contributed by atoms with Crippen molar-refractivity contribution in [1.82, 2.24) is 15.3 Å². The first kappa shape index (κ1) is 11.5. The molecule has 0 saturated heterocycles. The highest BCUT2D eigenvalue weighted by Gasteiger charge is 2.17. The number of hydrogen-bond acceptors (Lipinski definition) is 4. The molecule has 0 saturated carbocycles. The topological polar surface area (TPSA) is 63.8 Å². The molecule has 2 rings (SSSR count). The molecule has 1 aromatic rings. The summed E-state index contributed by atoms with van der Waals surface area (Å²) in [5.74, 6) is 1.33. The van der Waals surface area contributed by atoms with E-state index in [0.29, 0.717) is 12.5 Å². The molecule has 4 heteroatoms. The summed E-state index contributed by atoms with van der Waals surface area (Å²) in [7, 11) is 0. The third-order valence-electron chi connectivity index (χ3n) is 2.94. The third-order valence-corrected chi connectivity index (χ3v) is 2.94. The van der Waals surface area contributed by atoms with Gasteiger partial charge in [0.1, 0.15) is 5.82 Å². The van der Waals surface area contributed by atoms with Crippen LogP contribution in [0.3, 0.4) is 0 Å². The zero-order chi connectivity index (χ0) is 11.5. The molecule has 0 amide bonds. The Hall–Kier alpha value is -1.00. The van der Waals surface area contributed by atoms with E-state index in [1.54, 1.807) is 0 Å². The lowest BCUT2D eigenvalue weighted by molar-refractivity contribution is 0.599. The Kier molecular flexibility index (Phi) is 3.51. The minimum absolute atomic E-state index is 0.378. The number of nitrogens with one attached hydrogen (secondary N) is 1. The summed E-state index contributed by atoms with van der Waals surface area (Å²) in [6.07, 6.45) is 1.90. The smallest absolute Gasteiger partial charge is 0.131 e. The van der Waals surface area contributed by atoms with Crippen molar-refractivity contribution in [3.05, 3.63) is 22.8 Å². The number of nitrogens with zero attached hydrogens (tertiary/aromatic N) is 2. The van der Waals surface area contributed by atoms with Crippen LogP contribution in [-0.4, -0.2) is 23.1 Å². The van der Waals surface area contributed by atoms with Gasteiger partial charge in [-0.05, 0) is 25.1 Å². The first-order valence-corrected chi connectivity index (χ1v) is 6.01. The van der Waals surface area contributed by atoms with Gasteiger partial charge in [0, 0.05) is 24.6 Å². The van der Waals surface area contributed by atoms with E-state index in [9.17, 15) is 0 Å². The summed E-state index contributed by atoms with van der Waals surface area (Å²) in [5.41, 5.74) is 9.31. The molecule has 2 heterocycles. The minimum Gasteiger partial charge on any atom is -0.330 e. The van der Waals surface area contributed by atoms with E-state index in [1.165, 1.54) is 11.3 Å². The van der Waals surface area contributed by atoms with Crippen LogP contribution in [0.1, 0.15) is 42.5 Å². The molecule has 0 radical (unpaired) electrons. The van der Waals surface area contributed by atoms with Crippen LogP contribution in [0.5, 0.6) is 0 Å². The van der Waals surface area contributed by atoms with Crippen LogP contribution in [0.4, 0.5) is 0 Å². The van der Waals surface area contributed by atoms with Crippen LogP contribution in [-0.2, 0) is 19.4 Å². The lowest BCUT2D eigenvalue weighted by atomic mass is 10.0. The van der Waals surface area contributed by atoms with Crippen molar-refractivity contribution < 1.29 is 0 Å². The lowest BCUT2D eigenvalue weighted by Gasteiger charge is -2.20. The monoisotopic (exact) mass is 220 g/mol. The van der Waals surface area contributed by atoms with Gasteiger partial charge in [0.2, 0.25) is 0 Å². The number of aromatic nitrogens is 2. The van der Waals surface area contributed by atoms with E-state index in [4.69, 9.17) is 5.73 Å². The molecule has 0 bridgehead atoms. The molecule has 1 aliphatic heterocycles. The van der Waals surface area contributed by atoms with Gasteiger partial charge in [-0.3, -0.25) is 0 Å². The molecule has 0 atom stereocenters. The van der Waals surface area contributed by atoms with Crippen molar-refractivity contribution in [2.75, 3.05) is 13.1 Å². The van der Waals surface area contributed by atoms with E-state index in [2.05, 4.69) is 29.1 Å². The van der Waals surface area contributed by atoms with Gasteiger partial charge in [0.15, 0.2) is 0 Å². The summed E-state index contributed by atoms with van der Waals surface area (Å²) < 4.78 is 0. The zero-order valence-corrected chi connectivity index (χ0v) is 10.1. The molecule has 1 aliphatic rings. The Bertz CT molecular complexity index is 374. The predicted octanol–water partition coefficient (Wildman–Crippen LogP) is 0.747. The van der Waals surface area contributed by atoms with Crippen LogP contribution < -0.4 is 11.1 Å². The van der Waals surface area contributed by atoms with Gasteiger partial charge in [-0.25, -0.2) is 9.97 Å². The Labute approximate surface area is 96.7 Å². The van der Waals surface area contributed by atoms with Gasteiger partial charge < -0.3 is 11.1 Å². The first-order chi connectivity index (χ1) is 7.72. The summed E-state index contributed by atoms with van der Waals surface area (Å²) >= 11 is 0. The number of hydrogen-bond donors (Lipinski definition) is 2. The summed E-state index contributed by atoms with van der Waals surface area (Å²) in [5, 5.41) is 3.35. The molecule has 3 N–H and O–H groups in total. The zero-order valence-electron chi connectivity index (χ0n) is 10.1. The first-order valence-electron chi connectivity index (χ1n) is 6.01. The Balaban J connectivity index is 2.43. The van der Waals surface area contributed by atoms with Gasteiger partial charge in [0.25, 0.3) is 0 Å². The molecule has 16 heavy (non-hydrogen) atoms. The van der Waals surface area contributed by atoms with Crippen LogP contribution in [0, 0.1) is 0 Å². The number of nitrogens with two attached hydrogens (primary N) is 1. The quantitative estimate of drug-likeness (QED) is 0.789. The molecule has 88 valence electrons. The molecule has 0 aromatic carbocycles. The normalized spacial score (nSPS) is 15.2. The molecule has 0 aliphatic carbocycles. The molecule has 0 unspecified atom stereocenters. The van der Waals surface area contributed by atoms with Crippen molar-refractivity contribution in [3.8, 4) is 0 Å². The average molecular weight is 220 g/mol. The van der Waals surface area contributed by atoms with Crippen molar-refractivity contribution in [2.24, 2.45) is 5.73 Å². The fourth-order valence-electron chi connectivity index (χ4n) is 2.06. The van der Waals surface area contributed by atoms with Gasteiger partial charge in [-0.1, -0.05) is 13.8 Å². The second-order valence-corrected chi connectivity index (χ2v) is 4.57. The fourth-order valence-corrected chi connectivity index (χ4v) is 2.06. The maximum Gasteiger partial charge on any atom is 0.131 e.